The number of para-hydroxylation sites is 1. The van der Waals surface area contributed by atoms with Crippen molar-refractivity contribution in [1.82, 2.24) is 4.98 Å². The average molecular weight is 435 g/mol. The minimum atomic E-state index is -0.0424. The smallest absolute Gasteiger partial charge is 0.260 e. The molecule has 3 nitrogen and oxygen atoms in total. The molecule has 1 amide bonds. The van der Waals surface area contributed by atoms with Gasteiger partial charge < -0.3 is 0 Å². The van der Waals surface area contributed by atoms with Crippen LogP contribution in [0.4, 0.5) is 5.13 Å². The maximum atomic E-state index is 13.6. The van der Waals surface area contributed by atoms with E-state index in [0.29, 0.717) is 17.2 Å². The van der Waals surface area contributed by atoms with Gasteiger partial charge in [0.15, 0.2) is 5.13 Å². The van der Waals surface area contributed by atoms with Crippen LogP contribution in [0.2, 0.25) is 0 Å². The van der Waals surface area contributed by atoms with Gasteiger partial charge >= 0.3 is 0 Å². The van der Waals surface area contributed by atoms with E-state index in [2.05, 4.69) is 12.1 Å². The molecule has 0 unspecified atom stereocenters. The molecule has 0 bridgehead atoms. The molecule has 4 heteroatoms. The van der Waals surface area contributed by atoms with E-state index in [1.807, 2.05) is 97.1 Å². The molecule has 0 N–H and O–H groups in total. The molecule has 0 fully saturated rings. The second-order valence-electron chi connectivity index (χ2n) is 7.70. The second-order valence-corrected chi connectivity index (χ2v) is 8.71. The Labute approximate surface area is 191 Å². The third-order valence-corrected chi connectivity index (χ3v) is 6.45. The van der Waals surface area contributed by atoms with E-state index in [4.69, 9.17) is 4.98 Å². The van der Waals surface area contributed by atoms with Crippen LogP contribution in [0.5, 0.6) is 0 Å². The maximum absolute atomic E-state index is 13.6. The molecule has 0 aliphatic heterocycles. The molecule has 0 saturated carbocycles. The van der Waals surface area contributed by atoms with Crippen LogP contribution >= 0.6 is 11.3 Å². The summed E-state index contributed by atoms with van der Waals surface area (Å²) >= 11 is 1.55. The van der Waals surface area contributed by atoms with E-state index in [1.54, 1.807) is 16.2 Å². The van der Waals surface area contributed by atoms with Crippen LogP contribution in [0.1, 0.15) is 27.0 Å². The molecule has 1 aromatic heterocycles. The Bertz CT molecular complexity index is 1300. The van der Waals surface area contributed by atoms with Gasteiger partial charge in [-0.05, 0) is 47.4 Å². The van der Waals surface area contributed by atoms with Crippen molar-refractivity contribution in [3.63, 3.8) is 0 Å². The van der Waals surface area contributed by atoms with Gasteiger partial charge in [0.1, 0.15) is 0 Å². The Hall–Kier alpha value is -3.76. The largest absolute Gasteiger partial charge is 0.279 e. The minimum absolute atomic E-state index is 0.0424. The van der Waals surface area contributed by atoms with Gasteiger partial charge in [-0.25, -0.2) is 4.98 Å². The number of aromatic nitrogens is 1. The average Bonchev–Trinajstić information content (AvgIpc) is 3.28. The molecule has 0 aliphatic rings. The first kappa shape index (κ1) is 20.2. The summed E-state index contributed by atoms with van der Waals surface area (Å²) in [6, 6.07) is 36.3. The molecule has 0 radical (unpaired) electrons. The van der Waals surface area contributed by atoms with E-state index >= 15 is 0 Å². The number of hydrogen-bond donors (Lipinski definition) is 0. The predicted molar refractivity (Wildman–Crippen MR) is 132 cm³/mol. The third kappa shape index (κ3) is 4.46. The topological polar surface area (TPSA) is 33.2 Å². The summed E-state index contributed by atoms with van der Waals surface area (Å²) < 4.78 is 1.08. The molecular formula is C28H22N2OS. The number of benzene rings is 4. The van der Waals surface area contributed by atoms with Gasteiger partial charge in [0.2, 0.25) is 0 Å². The number of rotatable bonds is 6. The minimum Gasteiger partial charge on any atom is -0.279 e. The summed E-state index contributed by atoms with van der Waals surface area (Å²) in [5, 5.41) is 0.716. The highest BCUT2D eigenvalue weighted by Crippen LogP contribution is 2.30. The molecule has 0 aliphatic carbocycles. The zero-order valence-electron chi connectivity index (χ0n) is 17.5. The lowest BCUT2D eigenvalue weighted by Gasteiger charge is -2.20. The van der Waals surface area contributed by atoms with E-state index < -0.39 is 0 Å². The Morgan fingerprint density at radius 3 is 1.97 bits per heavy atom. The number of thiazole rings is 1. The number of fused-ring (bicyclic) bond motifs is 1. The molecular weight excluding hydrogens is 412 g/mol. The monoisotopic (exact) mass is 434 g/mol. The summed E-state index contributed by atoms with van der Waals surface area (Å²) in [5.41, 5.74) is 5.09. The Kier molecular flexibility index (Phi) is 5.77. The summed E-state index contributed by atoms with van der Waals surface area (Å²) in [4.78, 5) is 20.1. The van der Waals surface area contributed by atoms with Gasteiger partial charge in [-0.3, -0.25) is 9.69 Å². The molecule has 156 valence electrons. The third-order valence-electron chi connectivity index (χ3n) is 5.39. The molecule has 4 aromatic carbocycles. The van der Waals surface area contributed by atoms with E-state index in [9.17, 15) is 4.79 Å². The van der Waals surface area contributed by atoms with Crippen LogP contribution in [-0.4, -0.2) is 10.9 Å². The van der Waals surface area contributed by atoms with Crippen molar-refractivity contribution in [2.24, 2.45) is 0 Å². The summed E-state index contributed by atoms with van der Waals surface area (Å²) in [7, 11) is 0. The van der Waals surface area contributed by atoms with Crippen molar-refractivity contribution in [1.29, 1.82) is 0 Å². The van der Waals surface area contributed by atoms with Gasteiger partial charge in [0.05, 0.1) is 16.8 Å². The van der Waals surface area contributed by atoms with Crippen molar-refractivity contribution in [2.45, 2.75) is 13.0 Å². The van der Waals surface area contributed by atoms with Gasteiger partial charge in [-0.2, -0.15) is 0 Å². The van der Waals surface area contributed by atoms with Crippen LogP contribution in [-0.2, 0) is 13.0 Å². The summed E-state index contributed by atoms with van der Waals surface area (Å²) in [5.74, 6) is -0.0424. The normalized spacial score (nSPS) is 10.9. The molecule has 1 heterocycles. The van der Waals surface area contributed by atoms with Gasteiger partial charge in [-0.15, -0.1) is 0 Å². The van der Waals surface area contributed by atoms with Crippen LogP contribution in [0.15, 0.2) is 109 Å². The molecule has 0 saturated heterocycles. The first-order valence-corrected chi connectivity index (χ1v) is 11.4. The maximum Gasteiger partial charge on any atom is 0.260 e. The number of anilines is 1. The first-order valence-electron chi connectivity index (χ1n) is 10.6. The number of carbonyl (C=O) groups is 1. The zero-order valence-corrected chi connectivity index (χ0v) is 18.3. The molecule has 32 heavy (non-hydrogen) atoms. The zero-order chi connectivity index (χ0) is 21.8. The lowest BCUT2D eigenvalue weighted by atomic mass is 10.0. The van der Waals surface area contributed by atoms with Crippen molar-refractivity contribution >= 4 is 32.6 Å². The Morgan fingerprint density at radius 2 is 1.28 bits per heavy atom. The Balaban J connectivity index is 1.44. The van der Waals surface area contributed by atoms with Gasteiger partial charge in [0, 0.05) is 5.56 Å². The van der Waals surface area contributed by atoms with Crippen molar-refractivity contribution in [3.8, 4) is 0 Å². The predicted octanol–water partition coefficient (Wildman–Crippen LogP) is 6.73. The highest BCUT2D eigenvalue weighted by Gasteiger charge is 2.21. The number of amides is 1. The second kappa shape index (κ2) is 9.16. The van der Waals surface area contributed by atoms with E-state index in [1.165, 1.54) is 11.1 Å². The molecule has 5 aromatic rings. The van der Waals surface area contributed by atoms with Crippen LogP contribution in [0, 0.1) is 0 Å². The summed E-state index contributed by atoms with van der Waals surface area (Å²) in [6.07, 6.45) is 0.848. The van der Waals surface area contributed by atoms with Crippen LogP contribution in [0.25, 0.3) is 10.2 Å². The molecule has 5 rings (SSSR count). The SMILES string of the molecule is O=C(c1ccc(Cc2ccccc2)cc1)N(Cc1ccccc1)c1nc2ccccc2s1. The van der Waals surface area contributed by atoms with E-state index in [-0.39, 0.29) is 5.91 Å². The van der Waals surface area contributed by atoms with Crippen molar-refractivity contribution < 1.29 is 4.79 Å². The molecule has 0 spiro atoms. The Morgan fingerprint density at radius 1 is 0.688 bits per heavy atom. The number of hydrogen-bond acceptors (Lipinski definition) is 3. The fourth-order valence-corrected chi connectivity index (χ4v) is 4.68. The fraction of sp³-hybridized carbons (Fsp3) is 0.0714. The summed E-state index contributed by atoms with van der Waals surface area (Å²) in [6.45, 7) is 0.477. The van der Waals surface area contributed by atoms with Crippen LogP contribution in [0.3, 0.4) is 0 Å². The van der Waals surface area contributed by atoms with Crippen molar-refractivity contribution in [3.05, 3.63) is 131 Å². The van der Waals surface area contributed by atoms with Crippen molar-refractivity contribution in [2.75, 3.05) is 4.90 Å². The first-order chi connectivity index (χ1) is 15.8. The fourth-order valence-electron chi connectivity index (χ4n) is 3.72. The standard InChI is InChI=1S/C28H22N2OS/c31-27(24-17-15-22(16-18-24)19-21-9-3-1-4-10-21)30(20-23-11-5-2-6-12-23)28-29-25-13-7-8-14-26(25)32-28/h1-18H,19-20H2. The molecule has 0 atom stereocenters. The quantitative estimate of drug-likeness (QED) is 0.297. The van der Waals surface area contributed by atoms with Gasteiger partial charge in [-0.1, -0.05) is 96.3 Å². The number of carbonyl (C=O) groups excluding carboxylic acids is 1. The highest BCUT2D eigenvalue weighted by molar-refractivity contribution is 7.22. The van der Waals surface area contributed by atoms with E-state index in [0.717, 1.165) is 22.2 Å². The highest BCUT2D eigenvalue weighted by atomic mass is 32.1. The lowest BCUT2D eigenvalue weighted by Crippen LogP contribution is -2.30. The lowest BCUT2D eigenvalue weighted by molar-refractivity contribution is 0.0985. The van der Waals surface area contributed by atoms with Crippen LogP contribution < -0.4 is 4.90 Å². The van der Waals surface area contributed by atoms with Gasteiger partial charge in [0.25, 0.3) is 5.91 Å². The number of nitrogens with zero attached hydrogens (tertiary/aromatic N) is 2.